The van der Waals surface area contributed by atoms with E-state index in [9.17, 15) is 4.79 Å². The summed E-state index contributed by atoms with van der Waals surface area (Å²) in [5.74, 6) is 1.01. The van der Waals surface area contributed by atoms with Gasteiger partial charge in [-0.15, -0.1) is 0 Å². The monoisotopic (exact) mass is 167 g/mol. The molecule has 1 aromatic rings. The van der Waals surface area contributed by atoms with Crippen LogP contribution in [0, 0.1) is 6.92 Å². The molecule has 12 heavy (non-hydrogen) atoms. The molecule has 0 unspecified atom stereocenters. The maximum atomic E-state index is 11.3. The molecule has 0 saturated heterocycles. The van der Waals surface area contributed by atoms with Crippen molar-refractivity contribution in [1.29, 1.82) is 0 Å². The quantitative estimate of drug-likeness (QED) is 0.649. The highest BCUT2D eigenvalue weighted by molar-refractivity contribution is 5.39. The topological polar surface area (TPSA) is 71.8 Å². The molecule has 0 spiro atoms. The van der Waals surface area contributed by atoms with Crippen LogP contribution in [-0.2, 0) is 0 Å². The van der Waals surface area contributed by atoms with Crippen molar-refractivity contribution < 1.29 is 0 Å². The van der Waals surface area contributed by atoms with Crippen molar-refractivity contribution in [1.82, 2.24) is 9.97 Å². The minimum Gasteiger partial charge on any atom is -0.383 e. The summed E-state index contributed by atoms with van der Waals surface area (Å²) >= 11 is 0. The Kier molecular flexibility index (Phi) is 2.17. The Morgan fingerprint density at radius 3 is 2.50 bits per heavy atom. The number of aromatic amines is 1. The largest absolute Gasteiger partial charge is 0.383 e. The van der Waals surface area contributed by atoms with Crippen LogP contribution in [0.15, 0.2) is 4.79 Å². The van der Waals surface area contributed by atoms with Gasteiger partial charge in [0.1, 0.15) is 11.6 Å². The average Bonchev–Trinajstić information content (AvgIpc) is 1.82. The first kappa shape index (κ1) is 8.77. The lowest BCUT2D eigenvalue weighted by Crippen LogP contribution is -2.19. The highest BCUT2D eigenvalue weighted by Crippen LogP contribution is 2.13. The van der Waals surface area contributed by atoms with E-state index in [-0.39, 0.29) is 11.5 Å². The van der Waals surface area contributed by atoms with Gasteiger partial charge in [-0.25, -0.2) is 4.98 Å². The molecule has 4 nitrogen and oxygen atoms in total. The van der Waals surface area contributed by atoms with Crippen LogP contribution in [0.3, 0.4) is 0 Å². The lowest BCUT2D eigenvalue weighted by Gasteiger charge is -2.06. The highest BCUT2D eigenvalue weighted by atomic mass is 16.1. The Balaban J connectivity index is 3.39. The number of hydrogen-bond donors (Lipinski definition) is 2. The summed E-state index contributed by atoms with van der Waals surface area (Å²) in [5.41, 5.74) is 6.03. The molecule has 66 valence electrons. The molecule has 0 aliphatic heterocycles. The number of nitrogens with one attached hydrogen (secondary N) is 1. The van der Waals surface area contributed by atoms with Crippen LogP contribution in [0.4, 0.5) is 5.82 Å². The molecule has 0 bridgehead atoms. The van der Waals surface area contributed by atoms with Gasteiger partial charge in [0.2, 0.25) is 0 Å². The van der Waals surface area contributed by atoms with Gasteiger partial charge in [0.25, 0.3) is 5.56 Å². The van der Waals surface area contributed by atoms with Crippen LogP contribution in [0.25, 0.3) is 0 Å². The summed E-state index contributed by atoms with van der Waals surface area (Å²) in [6, 6.07) is 0. The predicted molar refractivity (Wildman–Crippen MR) is 48.1 cm³/mol. The van der Waals surface area contributed by atoms with Gasteiger partial charge in [0.15, 0.2) is 0 Å². The van der Waals surface area contributed by atoms with Crippen molar-refractivity contribution >= 4 is 5.82 Å². The van der Waals surface area contributed by atoms with E-state index in [1.54, 1.807) is 6.92 Å². The van der Waals surface area contributed by atoms with E-state index < -0.39 is 0 Å². The van der Waals surface area contributed by atoms with Crippen molar-refractivity contribution in [3.63, 3.8) is 0 Å². The molecule has 0 radical (unpaired) electrons. The Morgan fingerprint density at radius 2 is 2.08 bits per heavy atom. The lowest BCUT2D eigenvalue weighted by atomic mass is 10.1. The van der Waals surface area contributed by atoms with Gasteiger partial charge in [-0.1, -0.05) is 13.8 Å². The summed E-state index contributed by atoms with van der Waals surface area (Å²) < 4.78 is 0. The van der Waals surface area contributed by atoms with Crippen molar-refractivity contribution in [3.8, 4) is 0 Å². The molecule has 0 fully saturated rings. The summed E-state index contributed by atoms with van der Waals surface area (Å²) in [6.45, 7) is 5.54. The Morgan fingerprint density at radius 1 is 1.50 bits per heavy atom. The zero-order chi connectivity index (χ0) is 9.30. The third-order valence-corrected chi connectivity index (χ3v) is 1.68. The van der Waals surface area contributed by atoms with E-state index in [1.807, 2.05) is 13.8 Å². The van der Waals surface area contributed by atoms with Crippen molar-refractivity contribution in [3.05, 3.63) is 21.7 Å². The molecule has 3 N–H and O–H groups in total. The van der Waals surface area contributed by atoms with Crippen LogP contribution in [-0.4, -0.2) is 9.97 Å². The molecule has 1 aromatic heterocycles. The lowest BCUT2D eigenvalue weighted by molar-refractivity contribution is 0.826. The second-order valence-electron chi connectivity index (χ2n) is 3.10. The fourth-order valence-electron chi connectivity index (χ4n) is 1.17. The third-order valence-electron chi connectivity index (χ3n) is 1.68. The van der Waals surface area contributed by atoms with Gasteiger partial charge in [0, 0.05) is 0 Å². The molecule has 0 aliphatic rings. The van der Waals surface area contributed by atoms with E-state index in [2.05, 4.69) is 9.97 Å². The first-order chi connectivity index (χ1) is 5.52. The second-order valence-corrected chi connectivity index (χ2v) is 3.10. The number of anilines is 1. The molecule has 0 aliphatic carbocycles. The zero-order valence-corrected chi connectivity index (χ0v) is 7.51. The minimum absolute atomic E-state index is 0.113. The number of H-pyrrole nitrogens is 1. The number of aromatic nitrogens is 2. The maximum Gasteiger partial charge on any atom is 0.256 e. The predicted octanol–water partition coefficient (Wildman–Crippen LogP) is 0.784. The Hall–Kier alpha value is -1.32. The van der Waals surface area contributed by atoms with Gasteiger partial charge in [-0.05, 0) is 12.8 Å². The molecule has 0 amide bonds. The molecule has 1 rings (SSSR count). The maximum absolute atomic E-state index is 11.3. The van der Waals surface area contributed by atoms with Crippen LogP contribution in [0.1, 0.15) is 31.2 Å². The Labute approximate surface area is 70.8 Å². The van der Waals surface area contributed by atoms with Gasteiger partial charge in [0.05, 0.1) is 5.56 Å². The van der Waals surface area contributed by atoms with Gasteiger partial charge in [-0.2, -0.15) is 0 Å². The molecule has 1 heterocycles. The molecular formula is C8H13N3O. The second kappa shape index (κ2) is 2.97. The summed E-state index contributed by atoms with van der Waals surface area (Å²) in [6.07, 6.45) is 0. The van der Waals surface area contributed by atoms with Crippen LogP contribution < -0.4 is 11.3 Å². The minimum atomic E-state index is -0.130. The van der Waals surface area contributed by atoms with Crippen molar-refractivity contribution in [2.75, 3.05) is 5.73 Å². The molecular weight excluding hydrogens is 154 g/mol. The third kappa shape index (κ3) is 1.47. The van der Waals surface area contributed by atoms with Gasteiger partial charge in [-0.3, -0.25) is 4.79 Å². The van der Waals surface area contributed by atoms with Crippen LogP contribution >= 0.6 is 0 Å². The van der Waals surface area contributed by atoms with Gasteiger partial charge >= 0.3 is 0 Å². The fraction of sp³-hybridized carbons (Fsp3) is 0.500. The summed E-state index contributed by atoms with van der Waals surface area (Å²) in [4.78, 5) is 17.9. The molecule has 0 atom stereocenters. The van der Waals surface area contributed by atoms with Crippen LogP contribution in [0.2, 0.25) is 0 Å². The standard InChI is InChI=1S/C8H13N3O/c1-4(2)6-7(9)10-5(3)11-8(6)12/h4H,1-3H3,(H3,9,10,11,12). The number of hydrogen-bond acceptors (Lipinski definition) is 3. The smallest absolute Gasteiger partial charge is 0.256 e. The first-order valence-electron chi connectivity index (χ1n) is 3.88. The number of aryl methyl sites for hydroxylation is 1. The molecule has 0 aromatic carbocycles. The number of nitrogens with zero attached hydrogens (tertiary/aromatic N) is 1. The average molecular weight is 167 g/mol. The molecule has 4 heteroatoms. The van der Waals surface area contributed by atoms with Crippen molar-refractivity contribution in [2.45, 2.75) is 26.7 Å². The van der Waals surface area contributed by atoms with E-state index in [1.165, 1.54) is 0 Å². The molecule has 0 saturated carbocycles. The Bertz CT molecular complexity index is 341. The van der Waals surface area contributed by atoms with Gasteiger partial charge < -0.3 is 10.7 Å². The van der Waals surface area contributed by atoms with Crippen LogP contribution in [0.5, 0.6) is 0 Å². The summed E-state index contributed by atoms with van der Waals surface area (Å²) in [7, 11) is 0. The number of nitrogen functional groups attached to an aromatic ring is 1. The highest BCUT2D eigenvalue weighted by Gasteiger charge is 2.10. The first-order valence-corrected chi connectivity index (χ1v) is 3.88. The number of nitrogens with two attached hydrogens (primary N) is 1. The van der Waals surface area contributed by atoms with E-state index in [0.29, 0.717) is 17.2 Å². The summed E-state index contributed by atoms with van der Waals surface area (Å²) in [5, 5.41) is 0. The van der Waals surface area contributed by atoms with Crippen molar-refractivity contribution in [2.24, 2.45) is 0 Å². The number of rotatable bonds is 1. The fourth-order valence-corrected chi connectivity index (χ4v) is 1.17. The zero-order valence-electron chi connectivity index (χ0n) is 7.51. The SMILES string of the molecule is Cc1nc(N)c(C(C)C)c(=O)[nH]1. The normalized spacial score (nSPS) is 10.7. The van der Waals surface area contributed by atoms with E-state index in [0.717, 1.165) is 0 Å². The van der Waals surface area contributed by atoms with E-state index >= 15 is 0 Å². The van der Waals surface area contributed by atoms with E-state index in [4.69, 9.17) is 5.73 Å².